The van der Waals surface area contributed by atoms with Crippen molar-refractivity contribution in [2.24, 2.45) is 0 Å². The van der Waals surface area contributed by atoms with Crippen molar-refractivity contribution in [1.82, 2.24) is 29.7 Å². The first-order valence-electron chi connectivity index (χ1n) is 5.86. The standard InChI is InChI=1S/C10H11ClN6O4/c1-5(9(19)20)13-8(18)6-7-14-15-17(3-2-11)10(21)16(7)4-12-6/h4-5H,2-3H2,1H3,(H,13,18)(H,19,20)/t5-/m1/s1. The molecular weight excluding hydrogens is 304 g/mol. The number of alkyl halides is 1. The summed E-state index contributed by atoms with van der Waals surface area (Å²) in [5.41, 5.74) is -0.773. The van der Waals surface area contributed by atoms with Crippen molar-refractivity contribution in [3.63, 3.8) is 0 Å². The number of aromatic nitrogens is 5. The van der Waals surface area contributed by atoms with Crippen molar-refractivity contribution < 1.29 is 14.7 Å². The summed E-state index contributed by atoms with van der Waals surface area (Å²) in [6, 6.07) is -1.10. The molecule has 0 unspecified atom stereocenters. The Bertz CT molecular complexity index is 754. The molecule has 0 aliphatic heterocycles. The third-order valence-electron chi connectivity index (χ3n) is 2.65. The van der Waals surface area contributed by atoms with Gasteiger partial charge in [-0.1, -0.05) is 5.21 Å². The van der Waals surface area contributed by atoms with Crippen LogP contribution < -0.4 is 11.0 Å². The highest BCUT2D eigenvalue weighted by Gasteiger charge is 2.21. The lowest BCUT2D eigenvalue weighted by molar-refractivity contribution is -0.138. The van der Waals surface area contributed by atoms with Gasteiger partial charge in [-0.2, -0.15) is 4.68 Å². The van der Waals surface area contributed by atoms with Gasteiger partial charge in [0.1, 0.15) is 12.4 Å². The summed E-state index contributed by atoms with van der Waals surface area (Å²) in [6.45, 7) is 1.47. The van der Waals surface area contributed by atoms with Gasteiger partial charge in [0.25, 0.3) is 5.91 Å². The number of carbonyl (C=O) groups is 2. The number of rotatable bonds is 5. The number of carboxylic acid groups (broad SMARTS) is 1. The molecule has 2 aromatic heterocycles. The minimum Gasteiger partial charge on any atom is -0.480 e. The van der Waals surface area contributed by atoms with E-state index in [9.17, 15) is 14.4 Å². The maximum atomic E-state index is 12.0. The Balaban J connectivity index is 2.39. The van der Waals surface area contributed by atoms with Gasteiger partial charge in [0.2, 0.25) is 0 Å². The SMILES string of the molecule is C[C@@H](NC(=O)c1ncn2c(=O)n(CCCl)nnc12)C(=O)O. The highest BCUT2D eigenvalue weighted by atomic mass is 35.5. The number of halogens is 1. The van der Waals surface area contributed by atoms with Gasteiger partial charge in [0.15, 0.2) is 11.3 Å². The molecule has 0 spiro atoms. The second kappa shape index (κ2) is 5.87. The molecule has 0 aromatic carbocycles. The van der Waals surface area contributed by atoms with Gasteiger partial charge >= 0.3 is 11.7 Å². The van der Waals surface area contributed by atoms with Crippen molar-refractivity contribution in [2.75, 3.05) is 5.88 Å². The number of hydrogen-bond donors (Lipinski definition) is 2. The maximum absolute atomic E-state index is 12.0. The molecule has 2 aromatic rings. The summed E-state index contributed by atoms with van der Waals surface area (Å²) in [4.78, 5) is 38.4. The first kappa shape index (κ1) is 14.9. The number of nitrogens with zero attached hydrogens (tertiary/aromatic N) is 5. The fourth-order valence-corrected chi connectivity index (χ4v) is 1.70. The van der Waals surface area contributed by atoms with Crippen molar-refractivity contribution in [1.29, 1.82) is 0 Å². The van der Waals surface area contributed by atoms with Gasteiger partial charge in [0.05, 0.1) is 6.54 Å². The minimum absolute atomic E-state index is 0.0547. The van der Waals surface area contributed by atoms with Crippen LogP contribution in [0, 0.1) is 0 Å². The summed E-state index contributed by atoms with van der Waals surface area (Å²) >= 11 is 5.53. The number of aliphatic carboxylic acids is 1. The first-order chi connectivity index (χ1) is 9.95. The topological polar surface area (TPSA) is 131 Å². The molecule has 0 bridgehead atoms. The molecule has 0 saturated heterocycles. The molecule has 21 heavy (non-hydrogen) atoms. The number of imidazole rings is 1. The van der Waals surface area contributed by atoms with Crippen LogP contribution in [0.2, 0.25) is 0 Å². The predicted molar refractivity (Wildman–Crippen MR) is 70.3 cm³/mol. The average molecular weight is 315 g/mol. The third-order valence-corrected chi connectivity index (χ3v) is 2.82. The molecule has 0 saturated carbocycles. The van der Waals surface area contributed by atoms with E-state index in [1.807, 2.05) is 0 Å². The van der Waals surface area contributed by atoms with E-state index in [2.05, 4.69) is 20.6 Å². The number of aryl methyl sites for hydroxylation is 1. The van der Waals surface area contributed by atoms with Gasteiger partial charge in [-0.25, -0.2) is 14.2 Å². The average Bonchev–Trinajstić information content (AvgIpc) is 2.86. The summed E-state index contributed by atoms with van der Waals surface area (Å²) in [6.07, 6.45) is 1.12. The minimum atomic E-state index is -1.19. The van der Waals surface area contributed by atoms with Crippen LogP contribution in [0.4, 0.5) is 0 Å². The number of nitrogens with one attached hydrogen (secondary N) is 1. The highest BCUT2D eigenvalue weighted by molar-refractivity contribution is 6.17. The van der Waals surface area contributed by atoms with Crippen LogP contribution in [-0.4, -0.2) is 53.3 Å². The third kappa shape index (κ3) is 2.84. The Labute approximate surface area is 122 Å². The molecule has 112 valence electrons. The molecule has 0 fully saturated rings. The molecule has 2 rings (SSSR count). The van der Waals surface area contributed by atoms with Crippen molar-refractivity contribution >= 4 is 29.1 Å². The normalized spacial score (nSPS) is 12.3. The zero-order chi connectivity index (χ0) is 15.6. The summed E-state index contributed by atoms with van der Waals surface area (Å²) in [7, 11) is 0. The molecule has 0 aliphatic rings. The van der Waals surface area contributed by atoms with Crippen molar-refractivity contribution in [2.45, 2.75) is 19.5 Å². The first-order valence-corrected chi connectivity index (χ1v) is 6.39. The van der Waals surface area contributed by atoms with Crippen LogP contribution in [0.15, 0.2) is 11.1 Å². The van der Waals surface area contributed by atoms with Crippen molar-refractivity contribution in [3.05, 3.63) is 22.5 Å². The molecule has 1 amide bonds. The molecule has 2 N–H and O–H groups in total. The smallest absolute Gasteiger partial charge is 0.353 e. The summed E-state index contributed by atoms with van der Waals surface area (Å²) in [5.74, 6) is -1.77. The zero-order valence-corrected chi connectivity index (χ0v) is 11.6. The molecule has 0 radical (unpaired) electrons. The maximum Gasteiger partial charge on any atom is 0.353 e. The van der Waals surface area contributed by atoms with Gasteiger partial charge < -0.3 is 10.4 Å². The number of carbonyl (C=O) groups excluding carboxylic acids is 1. The van der Waals surface area contributed by atoms with E-state index in [0.29, 0.717) is 0 Å². The van der Waals surface area contributed by atoms with Gasteiger partial charge in [-0.15, -0.1) is 16.7 Å². The van der Waals surface area contributed by atoms with Crippen LogP contribution in [0.1, 0.15) is 17.4 Å². The zero-order valence-electron chi connectivity index (χ0n) is 10.9. The fraction of sp³-hybridized carbons (Fsp3) is 0.400. The fourth-order valence-electron chi connectivity index (χ4n) is 1.54. The van der Waals surface area contributed by atoms with Gasteiger partial charge in [0, 0.05) is 5.88 Å². The Morgan fingerprint density at radius 3 is 2.86 bits per heavy atom. The number of carboxylic acids is 1. The van der Waals surface area contributed by atoms with E-state index in [1.54, 1.807) is 0 Å². The number of amides is 1. The van der Waals surface area contributed by atoms with E-state index in [4.69, 9.17) is 16.7 Å². The summed E-state index contributed by atoms with van der Waals surface area (Å²) in [5, 5.41) is 18.3. The lowest BCUT2D eigenvalue weighted by Gasteiger charge is -2.07. The second-order valence-corrected chi connectivity index (χ2v) is 4.48. The number of fused-ring (bicyclic) bond motifs is 1. The Morgan fingerprint density at radius 1 is 1.52 bits per heavy atom. The quantitative estimate of drug-likeness (QED) is 0.657. The lowest BCUT2D eigenvalue weighted by atomic mass is 10.3. The molecule has 10 nitrogen and oxygen atoms in total. The van der Waals surface area contributed by atoms with E-state index >= 15 is 0 Å². The van der Waals surface area contributed by atoms with Gasteiger partial charge in [-0.3, -0.25) is 9.59 Å². The Hall–Kier alpha value is -2.49. The predicted octanol–water partition coefficient (Wildman–Crippen LogP) is -1.27. The molecule has 1 atom stereocenters. The van der Waals surface area contributed by atoms with Crippen LogP contribution in [-0.2, 0) is 11.3 Å². The van der Waals surface area contributed by atoms with Crippen LogP contribution in [0.5, 0.6) is 0 Å². The van der Waals surface area contributed by atoms with Crippen molar-refractivity contribution in [3.8, 4) is 0 Å². The van der Waals surface area contributed by atoms with Crippen LogP contribution in [0.3, 0.4) is 0 Å². The van der Waals surface area contributed by atoms with E-state index in [0.717, 1.165) is 15.4 Å². The van der Waals surface area contributed by atoms with Crippen LogP contribution >= 0.6 is 11.6 Å². The molecule has 2 heterocycles. The van der Waals surface area contributed by atoms with Gasteiger partial charge in [-0.05, 0) is 6.92 Å². The Morgan fingerprint density at radius 2 is 2.24 bits per heavy atom. The van der Waals surface area contributed by atoms with E-state index in [-0.39, 0.29) is 23.8 Å². The Kier molecular flexibility index (Phi) is 4.17. The largest absolute Gasteiger partial charge is 0.480 e. The highest BCUT2D eigenvalue weighted by Crippen LogP contribution is 2.03. The van der Waals surface area contributed by atoms with E-state index in [1.165, 1.54) is 6.92 Å². The number of hydrogen-bond acceptors (Lipinski definition) is 6. The van der Waals surface area contributed by atoms with E-state index < -0.39 is 23.6 Å². The molecular formula is C10H11ClN6O4. The molecule has 0 aliphatic carbocycles. The van der Waals surface area contributed by atoms with Crippen LogP contribution in [0.25, 0.3) is 5.65 Å². The summed E-state index contributed by atoms with van der Waals surface area (Å²) < 4.78 is 2.07. The monoisotopic (exact) mass is 314 g/mol. The second-order valence-electron chi connectivity index (χ2n) is 4.10. The molecule has 11 heteroatoms. The lowest BCUT2D eigenvalue weighted by Crippen LogP contribution is -2.38.